The first-order valence-electron chi connectivity index (χ1n) is 4.50. The van der Waals surface area contributed by atoms with Crippen LogP contribution in [0.2, 0.25) is 0 Å². The molecule has 1 aromatic rings. The molecule has 0 saturated heterocycles. The number of rotatable bonds is 4. The Balaban J connectivity index is 2.81. The van der Waals surface area contributed by atoms with Crippen molar-refractivity contribution in [3.05, 3.63) is 32.8 Å². The second-order valence-corrected chi connectivity index (χ2v) is 5.06. The molecule has 1 rings (SSSR count). The van der Waals surface area contributed by atoms with Crippen LogP contribution in [0.5, 0.6) is 5.75 Å². The molecule has 1 unspecified atom stereocenters. The highest BCUT2D eigenvalue weighted by molar-refractivity contribution is 9.10. The van der Waals surface area contributed by atoms with Crippen LogP contribution in [0, 0.1) is 10.1 Å². The molecule has 4 nitrogen and oxygen atoms in total. The Kier molecular flexibility index (Phi) is 4.97. The lowest BCUT2D eigenvalue weighted by Crippen LogP contribution is -2.28. The zero-order valence-corrected chi connectivity index (χ0v) is 11.8. The molecule has 0 aromatic heterocycles. The molecule has 0 fully saturated rings. The number of ether oxygens (including phenoxy) is 1. The van der Waals surface area contributed by atoms with Crippen LogP contribution in [-0.4, -0.2) is 22.5 Å². The lowest BCUT2D eigenvalue weighted by molar-refractivity contribution is -0.385. The Labute approximate surface area is 117 Å². The highest BCUT2D eigenvalue weighted by Crippen LogP contribution is 2.35. The second kappa shape index (κ2) is 5.87. The topological polar surface area (TPSA) is 52.4 Å². The Morgan fingerprint density at radius 3 is 2.56 bits per heavy atom. The molecule has 0 radical (unpaired) electrons. The molecule has 0 N–H and O–H groups in total. The van der Waals surface area contributed by atoms with Gasteiger partial charge in [-0.05, 0) is 22.0 Å². The molecule has 1 aromatic carbocycles. The van der Waals surface area contributed by atoms with E-state index in [1.807, 2.05) is 0 Å². The monoisotopic (exact) mass is 391 g/mol. The van der Waals surface area contributed by atoms with Gasteiger partial charge in [0.1, 0.15) is 21.7 Å². The summed E-state index contributed by atoms with van der Waals surface area (Å²) in [5.41, 5.74) is -0.273. The van der Waals surface area contributed by atoms with Crippen molar-refractivity contribution in [3.8, 4) is 5.75 Å². The van der Waals surface area contributed by atoms with Crippen molar-refractivity contribution in [2.45, 2.75) is 11.0 Å². The van der Waals surface area contributed by atoms with E-state index in [1.54, 1.807) is 0 Å². The smallest absolute Gasteiger partial charge is 0.404 e. The summed E-state index contributed by atoms with van der Waals surface area (Å²) < 4.78 is 41.5. The molecule has 0 aliphatic carbocycles. The first-order valence-corrected chi connectivity index (χ1v) is 6.21. The van der Waals surface area contributed by atoms with Crippen molar-refractivity contribution in [3.63, 3.8) is 0 Å². The van der Waals surface area contributed by atoms with Gasteiger partial charge in [0.2, 0.25) is 0 Å². The molecule has 0 saturated carbocycles. The van der Waals surface area contributed by atoms with E-state index < -0.39 is 22.5 Å². The van der Waals surface area contributed by atoms with Gasteiger partial charge in [-0.3, -0.25) is 10.1 Å². The summed E-state index contributed by atoms with van der Waals surface area (Å²) in [7, 11) is 0. The highest BCUT2D eigenvalue weighted by Gasteiger charge is 2.38. The standard InChI is InChI=1S/C9H6Br2F3NO3/c10-7(9(12,13)14)4-18-6-3-1-2-5(8(6)11)15(16)17/h1-3,7H,4H2. The van der Waals surface area contributed by atoms with Crippen LogP contribution in [0.4, 0.5) is 18.9 Å². The first kappa shape index (κ1) is 15.2. The summed E-state index contributed by atoms with van der Waals surface area (Å²) in [5, 5.41) is 10.6. The van der Waals surface area contributed by atoms with Crippen molar-refractivity contribution in [1.82, 2.24) is 0 Å². The van der Waals surface area contributed by atoms with Gasteiger partial charge in [0.25, 0.3) is 5.69 Å². The average molecular weight is 393 g/mol. The van der Waals surface area contributed by atoms with Crippen LogP contribution >= 0.6 is 31.9 Å². The van der Waals surface area contributed by atoms with Crippen molar-refractivity contribution in [2.75, 3.05) is 6.61 Å². The van der Waals surface area contributed by atoms with Crippen molar-refractivity contribution >= 4 is 37.5 Å². The number of nitrogens with zero attached hydrogens (tertiary/aromatic N) is 1. The van der Waals surface area contributed by atoms with E-state index in [4.69, 9.17) is 4.74 Å². The molecule has 0 amide bonds. The third-order valence-electron chi connectivity index (χ3n) is 1.88. The summed E-state index contributed by atoms with van der Waals surface area (Å²) in [5.74, 6) is -0.0158. The molecular formula is C9H6Br2F3NO3. The van der Waals surface area contributed by atoms with Gasteiger partial charge in [-0.25, -0.2) is 0 Å². The third kappa shape index (κ3) is 3.84. The second-order valence-electron chi connectivity index (χ2n) is 3.17. The Bertz CT molecular complexity index is 453. The number of halogens is 5. The predicted molar refractivity (Wildman–Crippen MR) is 65.1 cm³/mol. The molecule has 0 spiro atoms. The SMILES string of the molecule is O=[N+]([O-])c1cccc(OCC(Br)C(F)(F)F)c1Br. The van der Waals surface area contributed by atoms with E-state index in [0.717, 1.165) is 0 Å². The minimum atomic E-state index is -4.44. The molecule has 18 heavy (non-hydrogen) atoms. The molecule has 9 heteroatoms. The quantitative estimate of drug-likeness (QED) is 0.441. The summed E-state index contributed by atoms with van der Waals surface area (Å²) in [6.07, 6.45) is -4.44. The van der Waals surface area contributed by atoms with Crippen LogP contribution in [-0.2, 0) is 0 Å². The maximum Gasteiger partial charge on any atom is 0.404 e. The molecular weight excluding hydrogens is 387 g/mol. The first-order chi connectivity index (χ1) is 8.23. The molecule has 0 heterocycles. The van der Waals surface area contributed by atoms with Crippen molar-refractivity contribution in [2.24, 2.45) is 0 Å². The predicted octanol–water partition coefficient (Wildman–Crippen LogP) is 4.06. The largest absolute Gasteiger partial charge is 0.491 e. The zero-order valence-electron chi connectivity index (χ0n) is 8.58. The van der Waals surface area contributed by atoms with Crippen LogP contribution < -0.4 is 4.74 Å². The number of hydrogen-bond acceptors (Lipinski definition) is 3. The zero-order chi connectivity index (χ0) is 13.9. The van der Waals surface area contributed by atoms with E-state index in [-0.39, 0.29) is 15.9 Å². The van der Waals surface area contributed by atoms with Gasteiger partial charge in [-0.2, -0.15) is 13.2 Å². The van der Waals surface area contributed by atoms with E-state index >= 15 is 0 Å². The maximum atomic E-state index is 12.2. The van der Waals surface area contributed by atoms with E-state index in [1.165, 1.54) is 18.2 Å². The Morgan fingerprint density at radius 1 is 1.44 bits per heavy atom. The fourth-order valence-electron chi connectivity index (χ4n) is 1.01. The van der Waals surface area contributed by atoms with Crippen LogP contribution in [0.25, 0.3) is 0 Å². The van der Waals surface area contributed by atoms with E-state index in [9.17, 15) is 23.3 Å². The lowest BCUT2D eigenvalue weighted by Gasteiger charge is -2.15. The van der Waals surface area contributed by atoms with Crippen LogP contribution in [0.3, 0.4) is 0 Å². The number of nitro benzene ring substituents is 1. The number of alkyl halides is 4. The fourth-order valence-corrected chi connectivity index (χ4v) is 1.66. The van der Waals surface area contributed by atoms with Crippen LogP contribution in [0.1, 0.15) is 0 Å². The van der Waals surface area contributed by atoms with Crippen molar-refractivity contribution < 1.29 is 22.8 Å². The average Bonchev–Trinajstić information content (AvgIpc) is 2.25. The van der Waals surface area contributed by atoms with E-state index in [2.05, 4.69) is 31.9 Å². The Morgan fingerprint density at radius 2 is 2.06 bits per heavy atom. The van der Waals surface area contributed by atoms with Gasteiger partial charge in [0, 0.05) is 6.07 Å². The summed E-state index contributed by atoms with van der Waals surface area (Å²) in [4.78, 5) is 8.10. The molecule has 100 valence electrons. The minimum Gasteiger partial charge on any atom is -0.491 e. The van der Waals surface area contributed by atoms with Crippen LogP contribution in [0.15, 0.2) is 22.7 Å². The normalized spacial score (nSPS) is 13.2. The van der Waals surface area contributed by atoms with Gasteiger partial charge in [-0.15, -0.1) is 0 Å². The van der Waals surface area contributed by atoms with E-state index in [0.29, 0.717) is 0 Å². The summed E-state index contributed by atoms with van der Waals surface area (Å²) >= 11 is 5.35. The lowest BCUT2D eigenvalue weighted by atomic mass is 10.3. The maximum absolute atomic E-state index is 12.2. The van der Waals surface area contributed by atoms with Gasteiger partial charge in [-0.1, -0.05) is 22.0 Å². The van der Waals surface area contributed by atoms with Crippen molar-refractivity contribution in [1.29, 1.82) is 0 Å². The number of nitro groups is 1. The molecule has 1 atom stereocenters. The fraction of sp³-hybridized carbons (Fsp3) is 0.333. The summed E-state index contributed by atoms with van der Waals surface area (Å²) in [6, 6.07) is 3.88. The van der Waals surface area contributed by atoms with Gasteiger partial charge in [0.05, 0.1) is 4.92 Å². The minimum absolute atomic E-state index is 0.0110. The Hall–Kier alpha value is -0.830. The third-order valence-corrected chi connectivity index (χ3v) is 3.46. The van der Waals surface area contributed by atoms with Gasteiger partial charge in [0.15, 0.2) is 0 Å². The molecule has 0 aliphatic heterocycles. The number of hydrogen-bond donors (Lipinski definition) is 0. The van der Waals surface area contributed by atoms with Gasteiger partial charge < -0.3 is 4.74 Å². The summed E-state index contributed by atoms with van der Waals surface area (Å²) in [6.45, 7) is -0.677. The van der Waals surface area contributed by atoms with Gasteiger partial charge >= 0.3 is 6.18 Å². The molecule has 0 aliphatic rings. The number of benzene rings is 1. The molecule has 0 bridgehead atoms. The highest BCUT2D eigenvalue weighted by atomic mass is 79.9.